The van der Waals surface area contributed by atoms with Crippen molar-refractivity contribution < 1.29 is 14.3 Å². The Bertz CT molecular complexity index is 1630. The third-order valence-corrected chi connectivity index (χ3v) is 7.95. The van der Waals surface area contributed by atoms with Gasteiger partial charge in [-0.1, -0.05) is 62.7 Å². The molecule has 0 saturated carbocycles. The van der Waals surface area contributed by atoms with E-state index in [2.05, 4.69) is 36.3 Å². The van der Waals surface area contributed by atoms with Crippen molar-refractivity contribution in [2.75, 3.05) is 43.9 Å². The maximum absolute atomic E-state index is 13.3. The molecule has 0 atom stereocenters. The van der Waals surface area contributed by atoms with E-state index in [4.69, 9.17) is 9.84 Å². The van der Waals surface area contributed by atoms with Crippen LogP contribution in [0.15, 0.2) is 72.8 Å². The van der Waals surface area contributed by atoms with E-state index >= 15 is 0 Å². The number of hydrogen-bond donors (Lipinski definition) is 2. The van der Waals surface area contributed by atoms with E-state index in [0.29, 0.717) is 36.9 Å². The molecule has 0 radical (unpaired) electrons. The normalized spacial score (nSPS) is 13.9. The molecule has 1 aliphatic rings. The second kappa shape index (κ2) is 12.9. The molecule has 0 spiro atoms. The quantitative estimate of drug-likeness (QED) is 0.259. The van der Waals surface area contributed by atoms with Crippen molar-refractivity contribution >= 4 is 23.4 Å². The summed E-state index contributed by atoms with van der Waals surface area (Å²) in [6.45, 7) is 13.9. The number of piperazine rings is 1. The number of nitrogens with zero attached hydrogens (tertiary/aromatic N) is 4. The van der Waals surface area contributed by atoms with Gasteiger partial charge in [-0.05, 0) is 55.3 Å². The maximum Gasteiger partial charge on any atom is 0.324 e. The molecule has 3 amide bonds. The Kier molecular flexibility index (Phi) is 9.06. The summed E-state index contributed by atoms with van der Waals surface area (Å²) in [6.07, 6.45) is 0. The average molecular weight is 595 g/mol. The largest absolute Gasteiger partial charge is 0.495 e. The average Bonchev–Trinajstić information content (AvgIpc) is 3.42. The van der Waals surface area contributed by atoms with Crippen LogP contribution in [-0.4, -0.2) is 64.8 Å². The fourth-order valence-electron chi connectivity index (χ4n) is 5.29. The first-order chi connectivity index (χ1) is 21.0. The molecular formula is C35H42N6O3. The van der Waals surface area contributed by atoms with Crippen LogP contribution in [0.4, 0.5) is 16.3 Å². The second-order valence-corrected chi connectivity index (χ2v) is 12.4. The first kappa shape index (κ1) is 30.8. The van der Waals surface area contributed by atoms with Gasteiger partial charge in [0.25, 0.3) is 5.91 Å². The third kappa shape index (κ3) is 7.11. The number of hydrogen-bond acceptors (Lipinski definition) is 5. The van der Waals surface area contributed by atoms with Crippen LogP contribution in [0.1, 0.15) is 53.5 Å². The van der Waals surface area contributed by atoms with Crippen LogP contribution >= 0.6 is 0 Å². The first-order valence-electron chi connectivity index (χ1n) is 15.0. The Morgan fingerprint density at radius 1 is 0.886 bits per heavy atom. The third-order valence-electron chi connectivity index (χ3n) is 7.95. The highest BCUT2D eigenvalue weighted by atomic mass is 16.5. The molecule has 4 aromatic rings. The number of nitrogens with one attached hydrogen (secondary N) is 2. The van der Waals surface area contributed by atoms with Crippen LogP contribution in [-0.2, 0) is 12.0 Å². The van der Waals surface area contributed by atoms with Crippen LogP contribution in [0.25, 0.3) is 5.69 Å². The topological polar surface area (TPSA) is 91.7 Å². The van der Waals surface area contributed by atoms with E-state index in [1.807, 2.05) is 91.5 Å². The van der Waals surface area contributed by atoms with Gasteiger partial charge < -0.3 is 15.0 Å². The summed E-state index contributed by atoms with van der Waals surface area (Å²) < 4.78 is 7.33. The van der Waals surface area contributed by atoms with Gasteiger partial charge in [-0.25, -0.2) is 9.48 Å². The van der Waals surface area contributed by atoms with Gasteiger partial charge in [-0.2, -0.15) is 5.10 Å². The van der Waals surface area contributed by atoms with Gasteiger partial charge >= 0.3 is 6.03 Å². The molecule has 3 aromatic carbocycles. The lowest BCUT2D eigenvalue weighted by atomic mass is 9.92. The molecule has 2 N–H and O–H groups in total. The number of aromatic nitrogens is 2. The van der Waals surface area contributed by atoms with Crippen molar-refractivity contribution in [3.05, 3.63) is 101 Å². The number of methoxy groups -OCH3 is 1. The molecule has 5 rings (SSSR count). The number of carbonyl (C=O) groups is 2. The zero-order valence-electron chi connectivity index (χ0n) is 26.5. The minimum Gasteiger partial charge on any atom is -0.495 e. The Hall–Kier alpha value is -4.63. The number of urea groups is 1. The minimum absolute atomic E-state index is 0.0861. The predicted molar refractivity (Wildman–Crippen MR) is 175 cm³/mol. The summed E-state index contributed by atoms with van der Waals surface area (Å²) in [5, 5.41) is 10.8. The summed E-state index contributed by atoms with van der Waals surface area (Å²) in [5.74, 6) is 1.23. The molecule has 2 heterocycles. The van der Waals surface area contributed by atoms with Gasteiger partial charge in [0.05, 0.1) is 24.2 Å². The van der Waals surface area contributed by atoms with E-state index in [-0.39, 0.29) is 11.3 Å². The monoisotopic (exact) mass is 594 g/mol. The zero-order valence-corrected chi connectivity index (χ0v) is 26.5. The summed E-state index contributed by atoms with van der Waals surface area (Å²) in [5.41, 5.74) is 6.06. The summed E-state index contributed by atoms with van der Waals surface area (Å²) in [4.78, 5) is 30.6. The lowest BCUT2D eigenvalue weighted by Crippen LogP contribution is -2.48. The number of amides is 3. The molecule has 9 heteroatoms. The van der Waals surface area contributed by atoms with E-state index in [1.165, 1.54) is 0 Å². The highest BCUT2D eigenvalue weighted by molar-refractivity contribution is 6.00. The lowest BCUT2D eigenvalue weighted by molar-refractivity contribution is 0.0627. The molecule has 44 heavy (non-hydrogen) atoms. The molecular weight excluding hydrogens is 552 g/mol. The lowest BCUT2D eigenvalue weighted by Gasteiger charge is -2.35. The van der Waals surface area contributed by atoms with Crippen molar-refractivity contribution in [2.45, 2.75) is 46.6 Å². The van der Waals surface area contributed by atoms with Gasteiger partial charge in [-0.3, -0.25) is 15.0 Å². The zero-order chi connectivity index (χ0) is 31.4. The van der Waals surface area contributed by atoms with Gasteiger partial charge in [0.2, 0.25) is 0 Å². The number of ether oxygens (including phenoxy) is 1. The van der Waals surface area contributed by atoms with Crippen LogP contribution < -0.4 is 15.4 Å². The van der Waals surface area contributed by atoms with Gasteiger partial charge in [0.1, 0.15) is 11.6 Å². The van der Waals surface area contributed by atoms with E-state index < -0.39 is 6.03 Å². The van der Waals surface area contributed by atoms with Crippen LogP contribution in [0.2, 0.25) is 0 Å². The van der Waals surface area contributed by atoms with E-state index in [9.17, 15) is 9.59 Å². The fraction of sp³-hybridized carbons (Fsp3) is 0.343. The highest BCUT2D eigenvalue weighted by Gasteiger charge is 2.24. The summed E-state index contributed by atoms with van der Waals surface area (Å²) in [6, 6.07) is 23.1. The Labute approximate surface area is 259 Å². The highest BCUT2D eigenvalue weighted by Crippen LogP contribution is 2.29. The maximum atomic E-state index is 13.3. The first-order valence-corrected chi connectivity index (χ1v) is 15.0. The van der Waals surface area contributed by atoms with Gasteiger partial charge in [0, 0.05) is 49.8 Å². The molecule has 9 nitrogen and oxygen atoms in total. The van der Waals surface area contributed by atoms with Crippen molar-refractivity contribution in [1.82, 2.24) is 19.6 Å². The second-order valence-electron chi connectivity index (χ2n) is 12.4. The standard InChI is InChI=1S/C35H42N6O3/c1-24-11-14-27(15-12-24)41-32(22-31(38-41)35(3,4)5)37-34(43)36-29-21-26(13-16-30(29)44-6)23-39-17-19-40(20-18-39)33(42)28-10-8-7-9-25(28)2/h7-16,21-22H,17-20,23H2,1-6H3,(H2,36,37,43). The number of anilines is 2. The molecule has 0 aliphatic carbocycles. The van der Waals surface area contributed by atoms with Crippen molar-refractivity contribution in [1.29, 1.82) is 0 Å². The molecule has 230 valence electrons. The molecule has 0 bridgehead atoms. The molecule has 0 unspecified atom stereocenters. The molecule has 1 aromatic heterocycles. The van der Waals surface area contributed by atoms with Crippen LogP contribution in [0, 0.1) is 13.8 Å². The van der Waals surface area contributed by atoms with Gasteiger partial charge in [0.15, 0.2) is 0 Å². The van der Waals surface area contributed by atoms with Crippen molar-refractivity contribution in [3.63, 3.8) is 0 Å². The number of aryl methyl sites for hydroxylation is 2. The number of carbonyl (C=O) groups excluding carboxylic acids is 2. The van der Waals surface area contributed by atoms with Crippen molar-refractivity contribution in [3.8, 4) is 11.4 Å². The SMILES string of the molecule is COc1ccc(CN2CCN(C(=O)c3ccccc3C)CC2)cc1NC(=O)Nc1cc(C(C)(C)C)nn1-c1ccc(C)cc1. The van der Waals surface area contributed by atoms with Crippen LogP contribution in [0.5, 0.6) is 5.75 Å². The Morgan fingerprint density at radius 3 is 2.25 bits per heavy atom. The number of benzene rings is 3. The van der Waals surface area contributed by atoms with Crippen molar-refractivity contribution in [2.24, 2.45) is 0 Å². The van der Waals surface area contributed by atoms with Gasteiger partial charge in [-0.15, -0.1) is 0 Å². The smallest absolute Gasteiger partial charge is 0.324 e. The molecule has 1 fully saturated rings. The Morgan fingerprint density at radius 2 is 1.59 bits per heavy atom. The minimum atomic E-state index is -0.391. The number of rotatable bonds is 7. The summed E-state index contributed by atoms with van der Waals surface area (Å²) in [7, 11) is 1.59. The van der Waals surface area contributed by atoms with E-state index in [1.54, 1.807) is 11.8 Å². The predicted octanol–water partition coefficient (Wildman–Crippen LogP) is 6.40. The molecule has 1 saturated heterocycles. The molecule has 1 aliphatic heterocycles. The Balaban J connectivity index is 1.26. The van der Waals surface area contributed by atoms with Crippen LogP contribution in [0.3, 0.4) is 0 Å². The van der Waals surface area contributed by atoms with E-state index in [0.717, 1.165) is 46.7 Å². The summed E-state index contributed by atoms with van der Waals surface area (Å²) >= 11 is 0. The fourth-order valence-corrected chi connectivity index (χ4v) is 5.29.